The highest BCUT2D eigenvalue weighted by molar-refractivity contribution is 6.08. The van der Waals surface area contributed by atoms with Gasteiger partial charge in [0.15, 0.2) is 0 Å². The van der Waals surface area contributed by atoms with Crippen LogP contribution in [0.3, 0.4) is 0 Å². The summed E-state index contributed by atoms with van der Waals surface area (Å²) in [5.41, 5.74) is 3.78. The summed E-state index contributed by atoms with van der Waals surface area (Å²) in [7, 11) is 1.79. The molecule has 0 spiro atoms. The van der Waals surface area contributed by atoms with Crippen molar-refractivity contribution in [3.8, 4) is 0 Å². The second-order valence-electron chi connectivity index (χ2n) is 8.56. The molecule has 0 aliphatic carbocycles. The topological polar surface area (TPSA) is 27.6 Å². The van der Waals surface area contributed by atoms with E-state index < -0.39 is 0 Å². The van der Waals surface area contributed by atoms with Crippen molar-refractivity contribution < 1.29 is 0 Å². The molecule has 0 rings (SSSR count). The lowest BCUT2D eigenvalue weighted by Crippen LogP contribution is -2.22. The Labute approximate surface area is 216 Å². The number of allylic oxidation sites excluding steroid dienone is 9. The molecule has 0 aromatic heterocycles. The lowest BCUT2D eigenvalue weighted by atomic mass is 10.1. The predicted octanol–water partition coefficient (Wildman–Crippen LogP) is 8.33. The molecule has 0 aliphatic rings. The maximum atomic E-state index is 4.35. The molecule has 0 heterocycles. The molecule has 0 aliphatic heterocycles. The first-order chi connectivity index (χ1) is 16.8. The fraction of sp³-hybridized carbons (Fsp3) is 0.406. The third-order valence-corrected chi connectivity index (χ3v) is 5.21. The molecule has 3 heteroatoms. The first-order valence-electron chi connectivity index (χ1n) is 12.8. The van der Waals surface area contributed by atoms with Crippen molar-refractivity contribution >= 4 is 5.71 Å². The van der Waals surface area contributed by atoms with E-state index in [1.54, 1.807) is 7.05 Å². The van der Waals surface area contributed by atoms with Gasteiger partial charge in [0, 0.05) is 37.4 Å². The van der Waals surface area contributed by atoms with Gasteiger partial charge >= 0.3 is 0 Å². The predicted molar refractivity (Wildman–Crippen MR) is 160 cm³/mol. The number of nitrogens with one attached hydrogen (secondary N) is 1. The van der Waals surface area contributed by atoms with E-state index in [0.717, 1.165) is 55.0 Å². The molecule has 0 radical (unpaired) electrons. The van der Waals surface area contributed by atoms with E-state index in [0.29, 0.717) is 11.8 Å². The molecule has 192 valence electrons. The Morgan fingerprint density at radius 2 is 1.57 bits per heavy atom. The van der Waals surface area contributed by atoms with Crippen LogP contribution in [0.15, 0.2) is 115 Å². The highest BCUT2D eigenvalue weighted by Gasteiger charge is 2.08. The van der Waals surface area contributed by atoms with Crippen LogP contribution in [-0.4, -0.2) is 30.7 Å². The van der Waals surface area contributed by atoms with E-state index in [2.05, 4.69) is 123 Å². The first kappa shape index (κ1) is 31.9. The van der Waals surface area contributed by atoms with Crippen molar-refractivity contribution in [1.29, 1.82) is 0 Å². The standard InChI is InChI=1S/C32H49N3/c1-10-14-17-18-21-31(24-32(33-9)27(5)6)34-25-28(7)22-23-29(8)35(13-4)26-30(19-15-11-2)20-16-12-3/h13-24,28,30,34H,4-5,8,10-12,25-26H2,1-3,6-7,9H3/b17-14-,19-15-,20-16+,21-18+,23-22-,31-24?,33-32?. The molecule has 2 unspecified atom stereocenters. The summed E-state index contributed by atoms with van der Waals surface area (Å²) >= 11 is 0. The summed E-state index contributed by atoms with van der Waals surface area (Å²) in [5.74, 6) is 0.644. The minimum Gasteiger partial charge on any atom is -0.384 e. The fourth-order valence-corrected chi connectivity index (χ4v) is 3.12. The molecule has 0 fully saturated rings. The lowest BCUT2D eigenvalue weighted by Gasteiger charge is -2.24. The van der Waals surface area contributed by atoms with E-state index in [-0.39, 0.29) is 0 Å². The largest absolute Gasteiger partial charge is 0.384 e. The van der Waals surface area contributed by atoms with Crippen LogP contribution in [0.2, 0.25) is 0 Å². The van der Waals surface area contributed by atoms with Gasteiger partial charge in [-0.1, -0.05) is 96.0 Å². The molecule has 1 N–H and O–H groups in total. The molecule has 0 amide bonds. The van der Waals surface area contributed by atoms with Crippen molar-refractivity contribution in [3.63, 3.8) is 0 Å². The molecule has 0 aromatic carbocycles. The molecule has 0 aromatic rings. The molecular weight excluding hydrogens is 426 g/mol. The lowest BCUT2D eigenvalue weighted by molar-refractivity contribution is 0.448. The Kier molecular flexibility index (Phi) is 18.5. The second kappa shape index (κ2) is 20.3. The van der Waals surface area contributed by atoms with E-state index in [4.69, 9.17) is 0 Å². The van der Waals surface area contributed by atoms with Gasteiger partial charge in [0.25, 0.3) is 0 Å². The highest BCUT2D eigenvalue weighted by atomic mass is 15.1. The van der Waals surface area contributed by atoms with Crippen LogP contribution in [0.4, 0.5) is 0 Å². The average Bonchev–Trinajstić information content (AvgIpc) is 2.85. The van der Waals surface area contributed by atoms with Crippen molar-refractivity contribution in [3.05, 3.63) is 110 Å². The van der Waals surface area contributed by atoms with Crippen LogP contribution in [-0.2, 0) is 0 Å². The summed E-state index contributed by atoms with van der Waals surface area (Å²) in [6, 6.07) is 0. The summed E-state index contributed by atoms with van der Waals surface area (Å²) in [6.45, 7) is 24.5. The Morgan fingerprint density at radius 3 is 2.09 bits per heavy atom. The molecule has 35 heavy (non-hydrogen) atoms. The van der Waals surface area contributed by atoms with Gasteiger partial charge in [0.1, 0.15) is 0 Å². The minimum atomic E-state index is 0.309. The van der Waals surface area contributed by atoms with Gasteiger partial charge in [0.05, 0.1) is 5.71 Å². The minimum absolute atomic E-state index is 0.309. The molecular formula is C32H49N3. The third kappa shape index (κ3) is 15.5. The zero-order valence-electron chi connectivity index (χ0n) is 23.1. The Morgan fingerprint density at radius 1 is 0.943 bits per heavy atom. The normalized spacial score (nSPS) is 15.0. The van der Waals surface area contributed by atoms with Crippen LogP contribution in [0.1, 0.15) is 53.9 Å². The number of rotatable bonds is 18. The van der Waals surface area contributed by atoms with E-state index in [1.165, 1.54) is 0 Å². The van der Waals surface area contributed by atoms with Crippen molar-refractivity contribution in [2.45, 2.75) is 53.9 Å². The van der Waals surface area contributed by atoms with Crippen LogP contribution in [0.25, 0.3) is 0 Å². The fourth-order valence-electron chi connectivity index (χ4n) is 3.12. The zero-order chi connectivity index (χ0) is 26.5. The Bertz CT molecular complexity index is 832. The van der Waals surface area contributed by atoms with Crippen molar-refractivity contribution in [2.24, 2.45) is 16.8 Å². The van der Waals surface area contributed by atoms with Crippen LogP contribution >= 0.6 is 0 Å². The van der Waals surface area contributed by atoms with Gasteiger partial charge in [-0.2, -0.15) is 0 Å². The summed E-state index contributed by atoms with van der Waals surface area (Å²) in [5, 5.41) is 3.55. The van der Waals surface area contributed by atoms with E-state index >= 15 is 0 Å². The van der Waals surface area contributed by atoms with Crippen LogP contribution < -0.4 is 5.32 Å². The van der Waals surface area contributed by atoms with Gasteiger partial charge in [-0.25, -0.2) is 0 Å². The third-order valence-electron chi connectivity index (χ3n) is 5.21. The summed E-state index contributed by atoms with van der Waals surface area (Å²) in [6.07, 6.45) is 28.6. The van der Waals surface area contributed by atoms with Gasteiger partial charge in [-0.05, 0) is 62.1 Å². The molecule has 0 saturated carbocycles. The summed E-state index contributed by atoms with van der Waals surface area (Å²) in [4.78, 5) is 6.46. The zero-order valence-corrected chi connectivity index (χ0v) is 23.1. The van der Waals surface area contributed by atoms with Crippen LogP contribution in [0, 0.1) is 11.8 Å². The quantitative estimate of drug-likeness (QED) is 0.123. The maximum absolute atomic E-state index is 4.35. The van der Waals surface area contributed by atoms with E-state index in [1.807, 2.05) is 19.2 Å². The molecule has 0 bridgehead atoms. The van der Waals surface area contributed by atoms with Crippen molar-refractivity contribution in [2.75, 3.05) is 20.1 Å². The number of hydrogen-bond donors (Lipinski definition) is 1. The van der Waals surface area contributed by atoms with Gasteiger partial charge in [-0.15, -0.1) is 0 Å². The molecule has 3 nitrogen and oxygen atoms in total. The number of hydrogen-bond acceptors (Lipinski definition) is 3. The molecule has 0 saturated heterocycles. The maximum Gasteiger partial charge on any atom is 0.0614 e. The average molecular weight is 476 g/mol. The highest BCUT2D eigenvalue weighted by Crippen LogP contribution is 2.13. The number of nitrogens with zero attached hydrogens (tertiary/aromatic N) is 2. The Hall–Kier alpha value is -3.07. The number of aliphatic imine (C=N–C) groups is 1. The van der Waals surface area contributed by atoms with Crippen LogP contribution in [0.5, 0.6) is 0 Å². The second-order valence-corrected chi connectivity index (χ2v) is 8.56. The summed E-state index contributed by atoms with van der Waals surface area (Å²) < 4.78 is 0. The van der Waals surface area contributed by atoms with Gasteiger partial charge in [-0.3, -0.25) is 4.99 Å². The van der Waals surface area contributed by atoms with E-state index in [9.17, 15) is 0 Å². The molecule has 2 atom stereocenters. The SMILES string of the molecule is C=CN(CC(/C=C\CC)/C=C/CC)C(=C)/C=C\C(C)CNC(=CC(=NC)C(=C)C)/C=C/C=C\CC. The smallest absolute Gasteiger partial charge is 0.0614 e. The first-order valence-corrected chi connectivity index (χ1v) is 12.8. The monoisotopic (exact) mass is 475 g/mol. The van der Waals surface area contributed by atoms with Crippen molar-refractivity contribution in [1.82, 2.24) is 10.2 Å². The van der Waals surface area contributed by atoms with Gasteiger partial charge < -0.3 is 10.2 Å². The Balaban J connectivity index is 5.27. The van der Waals surface area contributed by atoms with Gasteiger partial charge in [0.2, 0.25) is 0 Å².